The normalized spacial score (nSPS) is 19.8. The van der Waals surface area contributed by atoms with Gasteiger partial charge in [0.2, 0.25) is 0 Å². The number of hydrogen-bond acceptors (Lipinski definition) is 5. The molecular formula is C12H18N4O4. The number of aromatic nitrogens is 2. The van der Waals surface area contributed by atoms with Gasteiger partial charge < -0.3 is 20.1 Å². The largest absolute Gasteiger partial charge is 0.477 e. The molecule has 1 amide bonds. The minimum absolute atomic E-state index is 0.0835. The number of H-pyrrole nitrogens is 1. The third kappa shape index (κ3) is 3.34. The molecule has 1 aromatic heterocycles. The third-order valence-corrected chi connectivity index (χ3v) is 3.23. The number of hydrogen-bond donors (Lipinski definition) is 3. The molecular weight excluding hydrogens is 264 g/mol. The summed E-state index contributed by atoms with van der Waals surface area (Å²) in [5.74, 6) is -1.72. The second kappa shape index (κ2) is 6.49. The van der Waals surface area contributed by atoms with Crippen molar-refractivity contribution in [3.8, 4) is 0 Å². The Balaban J connectivity index is 1.89. The molecule has 8 nitrogen and oxygen atoms in total. The predicted octanol–water partition coefficient (Wildman–Crippen LogP) is -0.442. The molecule has 1 saturated heterocycles. The van der Waals surface area contributed by atoms with Crippen molar-refractivity contribution < 1.29 is 19.4 Å². The molecule has 0 spiro atoms. The first kappa shape index (κ1) is 14.5. The second-order valence-electron chi connectivity index (χ2n) is 4.53. The maximum Gasteiger partial charge on any atom is 0.354 e. The molecule has 3 N–H and O–H groups in total. The number of ether oxygens (including phenoxy) is 1. The third-order valence-electron chi connectivity index (χ3n) is 3.23. The number of imidazole rings is 1. The quantitative estimate of drug-likeness (QED) is 0.675. The zero-order chi connectivity index (χ0) is 14.5. The maximum atomic E-state index is 11.9. The van der Waals surface area contributed by atoms with Crippen LogP contribution >= 0.6 is 0 Å². The van der Waals surface area contributed by atoms with Crippen LogP contribution in [0.4, 0.5) is 0 Å². The van der Waals surface area contributed by atoms with Crippen LogP contribution in [0.15, 0.2) is 6.33 Å². The van der Waals surface area contributed by atoms with Gasteiger partial charge in [-0.05, 0) is 6.54 Å². The molecule has 1 aliphatic rings. The van der Waals surface area contributed by atoms with Crippen LogP contribution in [0.5, 0.6) is 0 Å². The Labute approximate surface area is 116 Å². The van der Waals surface area contributed by atoms with E-state index in [1.807, 2.05) is 0 Å². The van der Waals surface area contributed by atoms with Crippen LogP contribution < -0.4 is 5.32 Å². The van der Waals surface area contributed by atoms with Gasteiger partial charge in [-0.2, -0.15) is 0 Å². The van der Waals surface area contributed by atoms with E-state index in [4.69, 9.17) is 9.84 Å². The lowest BCUT2D eigenvalue weighted by atomic mass is 10.2. The number of carbonyl (C=O) groups excluding carboxylic acids is 1. The average Bonchev–Trinajstić information content (AvgIpc) is 2.94. The van der Waals surface area contributed by atoms with Crippen molar-refractivity contribution >= 4 is 11.9 Å². The van der Waals surface area contributed by atoms with E-state index in [0.29, 0.717) is 13.2 Å². The first-order chi connectivity index (χ1) is 9.61. The maximum absolute atomic E-state index is 11.9. The van der Waals surface area contributed by atoms with Crippen molar-refractivity contribution in [2.24, 2.45) is 0 Å². The highest BCUT2D eigenvalue weighted by molar-refractivity contribution is 6.02. The predicted molar refractivity (Wildman–Crippen MR) is 69.7 cm³/mol. The lowest BCUT2D eigenvalue weighted by Gasteiger charge is -2.32. The van der Waals surface area contributed by atoms with Crippen molar-refractivity contribution in [1.82, 2.24) is 20.2 Å². The Hall–Kier alpha value is -1.93. The smallest absolute Gasteiger partial charge is 0.354 e. The van der Waals surface area contributed by atoms with Crippen LogP contribution in [-0.4, -0.2) is 70.7 Å². The highest BCUT2D eigenvalue weighted by Gasteiger charge is 2.23. The van der Waals surface area contributed by atoms with E-state index >= 15 is 0 Å². The van der Waals surface area contributed by atoms with E-state index in [9.17, 15) is 9.59 Å². The Morgan fingerprint density at radius 2 is 2.45 bits per heavy atom. The molecule has 0 radical (unpaired) electrons. The fraction of sp³-hybridized carbons (Fsp3) is 0.583. The molecule has 110 valence electrons. The van der Waals surface area contributed by atoms with Gasteiger partial charge in [0.05, 0.1) is 19.0 Å². The Kier molecular flexibility index (Phi) is 4.70. The zero-order valence-corrected chi connectivity index (χ0v) is 11.3. The molecule has 1 aromatic rings. The van der Waals surface area contributed by atoms with E-state index in [1.165, 1.54) is 6.33 Å². The molecule has 1 fully saturated rings. The lowest BCUT2D eigenvalue weighted by molar-refractivity contribution is -0.0246. The molecule has 0 saturated carbocycles. The van der Waals surface area contributed by atoms with Gasteiger partial charge in [-0.3, -0.25) is 9.69 Å². The standard InChI is InChI=1S/C12H18N4O4/c1-2-16-3-4-20-8(6-16)5-13-11(17)9-10(12(18)19)15-7-14-9/h7-8H,2-6H2,1H3,(H,13,17)(H,14,15)(H,18,19). The number of morpholine rings is 1. The SMILES string of the molecule is CCN1CCOC(CNC(=O)c2nc[nH]c2C(=O)O)C1. The van der Waals surface area contributed by atoms with Gasteiger partial charge in [0.15, 0.2) is 11.4 Å². The molecule has 1 atom stereocenters. The number of aromatic carboxylic acids is 1. The average molecular weight is 282 g/mol. The number of carbonyl (C=O) groups is 2. The van der Waals surface area contributed by atoms with Gasteiger partial charge in [-0.15, -0.1) is 0 Å². The minimum atomic E-state index is -1.21. The van der Waals surface area contributed by atoms with Crippen molar-refractivity contribution in [2.75, 3.05) is 32.8 Å². The molecule has 0 bridgehead atoms. The van der Waals surface area contributed by atoms with Gasteiger partial charge in [0, 0.05) is 19.6 Å². The van der Waals surface area contributed by atoms with E-state index in [0.717, 1.165) is 19.6 Å². The topological polar surface area (TPSA) is 108 Å². The van der Waals surface area contributed by atoms with E-state index in [1.54, 1.807) is 0 Å². The number of carboxylic acid groups (broad SMARTS) is 1. The minimum Gasteiger partial charge on any atom is -0.477 e. The summed E-state index contributed by atoms with van der Waals surface area (Å²) < 4.78 is 5.55. The van der Waals surface area contributed by atoms with E-state index < -0.39 is 11.9 Å². The van der Waals surface area contributed by atoms with Gasteiger partial charge in [-0.1, -0.05) is 6.92 Å². The number of nitrogens with zero attached hydrogens (tertiary/aromatic N) is 2. The summed E-state index contributed by atoms with van der Waals surface area (Å²) in [5, 5.41) is 11.6. The number of rotatable bonds is 5. The van der Waals surface area contributed by atoms with Crippen LogP contribution in [-0.2, 0) is 4.74 Å². The molecule has 2 rings (SSSR count). The van der Waals surface area contributed by atoms with Gasteiger partial charge in [0.1, 0.15) is 0 Å². The molecule has 20 heavy (non-hydrogen) atoms. The van der Waals surface area contributed by atoms with Crippen molar-refractivity contribution in [1.29, 1.82) is 0 Å². The number of carboxylic acids is 1. The monoisotopic (exact) mass is 282 g/mol. The highest BCUT2D eigenvalue weighted by Crippen LogP contribution is 2.05. The molecule has 1 aliphatic heterocycles. The van der Waals surface area contributed by atoms with Crippen LogP contribution in [0.3, 0.4) is 0 Å². The van der Waals surface area contributed by atoms with Gasteiger partial charge >= 0.3 is 5.97 Å². The molecule has 1 unspecified atom stereocenters. The Morgan fingerprint density at radius 1 is 1.65 bits per heavy atom. The van der Waals surface area contributed by atoms with Crippen molar-refractivity contribution in [3.63, 3.8) is 0 Å². The molecule has 8 heteroatoms. The summed E-state index contributed by atoms with van der Waals surface area (Å²) >= 11 is 0. The molecule has 2 heterocycles. The molecule has 0 aromatic carbocycles. The lowest BCUT2D eigenvalue weighted by Crippen LogP contribution is -2.47. The number of likely N-dealkylation sites (N-methyl/N-ethyl adjacent to an activating group) is 1. The fourth-order valence-electron chi connectivity index (χ4n) is 2.11. The van der Waals surface area contributed by atoms with Crippen molar-refractivity contribution in [2.45, 2.75) is 13.0 Å². The Morgan fingerprint density at radius 3 is 3.15 bits per heavy atom. The fourth-order valence-corrected chi connectivity index (χ4v) is 2.11. The number of amides is 1. The number of aromatic amines is 1. The summed E-state index contributed by atoms with van der Waals surface area (Å²) in [5.41, 5.74) is -0.317. The summed E-state index contributed by atoms with van der Waals surface area (Å²) in [7, 11) is 0. The van der Waals surface area contributed by atoms with E-state index in [-0.39, 0.29) is 17.5 Å². The summed E-state index contributed by atoms with van der Waals surface area (Å²) in [6.45, 7) is 5.63. The van der Waals surface area contributed by atoms with Crippen LogP contribution in [0, 0.1) is 0 Å². The van der Waals surface area contributed by atoms with Gasteiger partial charge in [-0.25, -0.2) is 9.78 Å². The van der Waals surface area contributed by atoms with Crippen molar-refractivity contribution in [3.05, 3.63) is 17.7 Å². The van der Waals surface area contributed by atoms with Gasteiger partial charge in [0.25, 0.3) is 5.91 Å². The second-order valence-corrected chi connectivity index (χ2v) is 4.53. The summed E-state index contributed by atoms with van der Waals surface area (Å²) in [4.78, 5) is 31.2. The van der Waals surface area contributed by atoms with Crippen LogP contribution in [0.25, 0.3) is 0 Å². The summed E-state index contributed by atoms with van der Waals surface area (Å²) in [6, 6.07) is 0. The zero-order valence-electron chi connectivity index (χ0n) is 11.3. The van der Waals surface area contributed by atoms with Crippen LogP contribution in [0.1, 0.15) is 27.9 Å². The summed E-state index contributed by atoms with van der Waals surface area (Å²) in [6.07, 6.45) is 1.11. The molecule has 0 aliphatic carbocycles. The van der Waals surface area contributed by atoms with Crippen LogP contribution in [0.2, 0.25) is 0 Å². The Bertz CT molecular complexity index is 488. The number of nitrogens with one attached hydrogen (secondary N) is 2. The first-order valence-electron chi connectivity index (χ1n) is 6.50. The first-order valence-corrected chi connectivity index (χ1v) is 6.50. The van der Waals surface area contributed by atoms with E-state index in [2.05, 4.69) is 27.1 Å². The highest BCUT2D eigenvalue weighted by atomic mass is 16.5.